The molecule has 1 aromatic heterocycles. The summed E-state index contributed by atoms with van der Waals surface area (Å²) in [5.74, 6) is 2.48. The molecule has 150 valence electrons. The van der Waals surface area contributed by atoms with Gasteiger partial charge in [0, 0.05) is 18.3 Å². The summed E-state index contributed by atoms with van der Waals surface area (Å²) in [5.41, 5.74) is 0. The largest absolute Gasteiger partial charge is 0.493 e. The van der Waals surface area contributed by atoms with Crippen LogP contribution in [0.1, 0.15) is 24.6 Å². The lowest BCUT2D eigenvalue weighted by molar-refractivity contribution is -0.118. The highest BCUT2D eigenvalue weighted by Gasteiger charge is 2.22. The normalized spacial score (nSPS) is 14.8. The molecule has 0 saturated heterocycles. The maximum Gasteiger partial charge on any atom is 0.279 e. The molecule has 0 radical (unpaired) electrons. The van der Waals surface area contributed by atoms with Crippen LogP contribution in [0.2, 0.25) is 5.02 Å². The average Bonchev–Trinajstić information content (AvgIpc) is 3.38. The van der Waals surface area contributed by atoms with Gasteiger partial charge in [-0.25, -0.2) is 4.98 Å². The van der Waals surface area contributed by atoms with E-state index >= 15 is 0 Å². The van der Waals surface area contributed by atoms with Crippen LogP contribution in [0.5, 0.6) is 16.7 Å². The van der Waals surface area contributed by atoms with Crippen molar-refractivity contribution in [2.24, 2.45) is 5.92 Å². The Morgan fingerprint density at radius 1 is 1.50 bits per heavy atom. The van der Waals surface area contributed by atoms with E-state index in [4.69, 9.17) is 21.1 Å². The van der Waals surface area contributed by atoms with Gasteiger partial charge in [0.25, 0.3) is 5.19 Å². The monoisotopic (exact) mass is 438 g/mol. The smallest absolute Gasteiger partial charge is 0.279 e. The summed E-state index contributed by atoms with van der Waals surface area (Å²) in [5, 5.41) is 3.91. The number of amides is 1. The van der Waals surface area contributed by atoms with Crippen molar-refractivity contribution in [2.75, 3.05) is 18.6 Å². The van der Waals surface area contributed by atoms with Crippen molar-refractivity contribution in [3.8, 4) is 16.7 Å². The summed E-state index contributed by atoms with van der Waals surface area (Å²) < 4.78 is 11.5. The Labute approximate surface area is 178 Å². The quantitative estimate of drug-likeness (QED) is 0.548. The predicted octanol–water partition coefficient (Wildman–Crippen LogP) is 5.26. The number of ether oxygens (including phenoxy) is 2. The van der Waals surface area contributed by atoms with Crippen LogP contribution < -0.4 is 14.8 Å². The Kier molecular flexibility index (Phi) is 7.65. The second-order valence-corrected chi connectivity index (χ2v) is 8.92. The molecule has 1 aromatic carbocycles. The number of carbonyl (C=O) groups is 1. The Morgan fingerprint density at radius 2 is 2.32 bits per heavy atom. The first-order chi connectivity index (χ1) is 13.5. The number of benzene rings is 1. The molecule has 1 saturated carbocycles. The van der Waals surface area contributed by atoms with Gasteiger partial charge in [0.2, 0.25) is 5.91 Å². The standard InChI is InChI=1S/C20H23ClN2O3S2/c1-13(23-19(24)12-27-2)3-7-16-10-22-20(28-16)26-18-8-6-15(9-17(18)21)25-11-14-4-5-14/h3,6-10,13-14H,4-5,11-12H2,1-2H3,(H,23,24)/b7-3+/t13-/m0/s1. The summed E-state index contributed by atoms with van der Waals surface area (Å²) in [4.78, 5) is 16.8. The highest BCUT2D eigenvalue weighted by molar-refractivity contribution is 7.99. The zero-order valence-corrected chi connectivity index (χ0v) is 18.2. The second-order valence-electron chi connectivity index (χ2n) is 6.63. The fraction of sp³-hybridized carbons (Fsp3) is 0.400. The number of thioether (sulfide) groups is 1. The lowest BCUT2D eigenvalue weighted by Gasteiger charge is -2.08. The molecule has 3 rings (SSSR count). The molecule has 1 N–H and O–H groups in total. The van der Waals surface area contributed by atoms with Crippen molar-refractivity contribution < 1.29 is 14.3 Å². The van der Waals surface area contributed by atoms with E-state index < -0.39 is 0 Å². The maximum atomic E-state index is 11.6. The minimum absolute atomic E-state index is 0.0252. The lowest BCUT2D eigenvalue weighted by Crippen LogP contribution is -2.32. The zero-order chi connectivity index (χ0) is 19.9. The topological polar surface area (TPSA) is 60.5 Å². The molecule has 1 aliphatic rings. The first-order valence-electron chi connectivity index (χ1n) is 9.06. The number of aromatic nitrogens is 1. The molecule has 0 aliphatic heterocycles. The fourth-order valence-electron chi connectivity index (χ4n) is 2.35. The van der Waals surface area contributed by atoms with Crippen LogP contribution in [0.25, 0.3) is 6.08 Å². The number of nitrogens with zero attached hydrogens (tertiary/aromatic N) is 1. The molecule has 1 atom stereocenters. The average molecular weight is 439 g/mol. The Morgan fingerprint density at radius 3 is 3.04 bits per heavy atom. The van der Waals surface area contributed by atoms with Gasteiger partial charge in [-0.1, -0.05) is 29.0 Å². The maximum absolute atomic E-state index is 11.6. The minimum Gasteiger partial charge on any atom is -0.493 e. The first-order valence-corrected chi connectivity index (χ1v) is 11.6. The van der Waals surface area contributed by atoms with Gasteiger partial charge in [-0.05, 0) is 50.1 Å². The van der Waals surface area contributed by atoms with Crippen LogP contribution in [0, 0.1) is 5.92 Å². The number of thiazole rings is 1. The van der Waals surface area contributed by atoms with Crippen LogP contribution in [0.15, 0.2) is 30.5 Å². The van der Waals surface area contributed by atoms with E-state index in [0.29, 0.717) is 27.6 Å². The van der Waals surface area contributed by atoms with E-state index in [1.54, 1.807) is 18.3 Å². The van der Waals surface area contributed by atoms with E-state index in [9.17, 15) is 4.79 Å². The number of hydrogen-bond acceptors (Lipinski definition) is 6. The van der Waals surface area contributed by atoms with Crippen molar-refractivity contribution in [2.45, 2.75) is 25.8 Å². The molecule has 1 amide bonds. The molecular weight excluding hydrogens is 416 g/mol. The molecule has 1 aliphatic carbocycles. The van der Waals surface area contributed by atoms with Gasteiger partial charge in [0.15, 0.2) is 0 Å². The number of halogens is 1. The number of carbonyl (C=O) groups excluding carboxylic acids is 1. The van der Waals surface area contributed by atoms with Crippen LogP contribution >= 0.6 is 34.7 Å². The van der Waals surface area contributed by atoms with Gasteiger partial charge in [-0.3, -0.25) is 4.79 Å². The summed E-state index contributed by atoms with van der Waals surface area (Å²) in [6.07, 6.45) is 9.98. The number of nitrogens with one attached hydrogen (secondary N) is 1. The predicted molar refractivity (Wildman–Crippen MR) is 117 cm³/mol. The highest BCUT2D eigenvalue weighted by atomic mass is 35.5. The molecular formula is C20H23ClN2O3S2. The Bertz CT molecular complexity index is 837. The SMILES string of the molecule is CSCC(=O)N[C@@H](C)/C=C/c1cnc(Oc2ccc(OCC3CC3)cc2Cl)s1. The van der Waals surface area contributed by atoms with E-state index in [2.05, 4.69) is 10.3 Å². The van der Waals surface area contributed by atoms with Gasteiger partial charge < -0.3 is 14.8 Å². The van der Waals surface area contributed by atoms with E-state index in [-0.39, 0.29) is 11.9 Å². The fourth-order valence-corrected chi connectivity index (χ4v) is 3.60. The third kappa shape index (κ3) is 6.72. The lowest BCUT2D eigenvalue weighted by atomic mass is 10.3. The van der Waals surface area contributed by atoms with Gasteiger partial charge in [-0.15, -0.1) is 0 Å². The molecule has 1 heterocycles. The van der Waals surface area contributed by atoms with Crippen molar-refractivity contribution >= 4 is 46.7 Å². The molecule has 0 spiro atoms. The Balaban J connectivity index is 1.53. The van der Waals surface area contributed by atoms with E-state index in [1.807, 2.05) is 31.4 Å². The summed E-state index contributed by atoms with van der Waals surface area (Å²) >= 11 is 9.22. The summed E-state index contributed by atoms with van der Waals surface area (Å²) in [6.45, 7) is 2.68. The highest BCUT2D eigenvalue weighted by Crippen LogP contribution is 2.35. The zero-order valence-electron chi connectivity index (χ0n) is 15.8. The number of hydrogen-bond donors (Lipinski definition) is 1. The van der Waals surface area contributed by atoms with Gasteiger partial charge >= 0.3 is 0 Å². The van der Waals surface area contributed by atoms with Gasteiger partial charge in [0.1, 0.15) is 11.5 Å². The number of rotatable bonds is 10. The van der Waals surface area contributed by atoms with Crippen LogP contribution in [0.4, 0.5) is 0 Å². The van der Waals surface area contributed by atoms with E-state index in [1.165, 1.54) is 35.9 Å². The van der Waals surface area contributed by atoms with Crippen molar-refractivity contribution in [1.29, 1.82) is 0 Å². The van der Waals surface area contributed by atoms with Gasteiger partial charge in [-0.2, -0.15) is 11.8 Å². The van der Waals surface area contributed by atoms with Crippen LogP contribution in [0.3, 0.4) is 0 Å². The molecule has 0 bridgehead atoms. The Hall–Kier alpha value is -1.70. The third-order valence-corrected chi connectivity index (χ3v) is 5.69. The van der Waals surface area contributed by atoms with Crippen molar-refractivity contribution in [3.63, 3.8) is 0 Å². The first kappa shape index (κ1) is 21.0. The second kappa shape index (κ2) is 10.2. The molecule has 0 unspecified atom stereocenters. The van der Waals surface area contributed by atoms with Crippen LogP contribution in [-0.2, 0) is 4.79 Å². The summed E-state index contributed by atoms with van der Waals surface area (Å²) in [7, 11) is 0. The van der Waals surface area contributed by atoms with Gasteiger partial charge in [0.05, 0.1) is 22.3 Å². The third-order valence-electron chi connectivity index (χ3n) is 4.00. The van der Waals surface area contributed by atoms with Crippen molar-refractivity contribution in [1.82, 2.24) is 10.3 Å². The molecule has 5 nitrogen and oxygen atoms in total. The molecule has 8 heteroatoms. The molecule has 28 heavy (non-hydrogen) atoms. The van der Waals surface area contributed by atoms with Crippen LogP contribution in [-0.4, -0.2) is 35.5 Å². The molecule has 1 fully saturated rings. The molecule has 2 aromatic rings. The summed E-state index contributed by atoms with van der Waals surface area (Å²) in [6, 6.07) is 5.37. The minimum atomic E-state index is -0.0521. The van der Waals surface area contributed by atoms with Crippen molar-refractivity contribution in [3.05, 3.63) is 40.4 Å². The van der Waals surface area contributed by atoms with E-state index in [0.717, 1.165) is 17.2 Å².